The molecule has 0 N–H and O–H groups in total. The number of Topliss-reactive ketones (excluding diaryl/α,β-unsaturated/α-hetero) is 1. The topological polar surface area (TPSA) is 44.8 Å². The van der Waals surface area contributed by atoms with Crippen molar-refractivity contribution in [3.8, 4) is 5.75 Å². The van der Waals surface area contributed by atoms with Crippen LogP contribution in [0, 0.1) is 0 Å². The van der Waals surface area contributed by atoms with Crippen molar-refractivity contribution in [3.63, 3.8) is 0 Å². The molecule has 0 spiro atoms. The highest BCUT2D eigenvalue weighted by Gasteiger charge is 2.11. The number of rotatable bonds is 9. The lowest BCUT2D eigenvalue weighted by Crippen LogP contribution is -2.15. The summed E-state index contributed by atoms with van der Waals surface area (Å²) >= 11 is 0. The number of hydrogen-bond donors (Lipinski definition) is 0. The SMILES string of the molecule is CCOc1ccccc1C(=O)COCCOC(C)C. The van der Waals surface area contributed by atoms with Gasteiger partial charge in [0.05, 0.1) is 31.5 Å². The fraction of sp³-hybridized carbons (Fsp3) is 0.533. The standard InChI is InChI=1S/C15H22O4/c1-4-18-15-8-6-5-7-13(15)14(16)11-17-9-10-19-12(2)3/h5-8,12H,4,9-11H2,1-3H3. The van der Waals surface area contributed by atoms with Crippen LogP contribution in [0.1, 0.15) is 31.1 Å². The summed E-state index contributed by atoms with van der Waals surface area (Å²) in [7, 11) is 0. The molecule has 0 heterocycles. The molecule has 0 unspecified atom stereocenters. The van der Waals surface area contributed by atoms with E-state index < -0.39 is 0 Å². The highest BCUT2D eigenvalue weighted by Crippen LogP contribution is 2.18. The molecule has 1 aromatic carbocycles. The Labute approximate surface area is 114 Å². The maximum atomic E-state index is 12.0. The molecule has 0 aliphatic heterocycles. The van der Waals surface area contributed by atoms with Crippen molar-refractivity contribution in [3.05, 3.63) is 29.8 Å². The number of ether oxygens (including phenoxy) is 3. The van der Waals surface area contributed by atoms with E-state index in [1.165, 1.54) is 0 Å². The van der Waals surface area contributed by atoms with E-state index in [-0.39, 0.29) is 18.5 Å². The van der Waals surface area contributed by atoms with Gasteiger partial charge in [-0.25, -0.2) is 0 Å². The molecule has 0 saturated heterocycles. The number of ketones is 1. The molecule has 19 heavy (non-hydrogen) atoms. The second-order valence-corrected chi connectivity index (χ2v) is 4.32. The molecule has 4 nitrogen and oxygen atoms in total. The molecule has 0 fully saturated rings. The van der Waals surface area contributed by atoms with E-state index in [1.54, 1.807) is 12.1 Å². The van der Waals surface area contributed by atoms with E-state index in [1.807, 2.05) is 32.9 Å². The highest BCUT2D eigenvalue weighted by molar-refractivity contribution is 5.99. The van der Waals surface area contributed by atoms with Crippen LogP contribution in [0.4, 0.5) is 0 Å². The Morgan fingerprint density at radius 2 is 1.95 bits per heavy atom. The van der Waals surface area contributed by atoms with Gasteiger partial charge in [-0.3, -0.25) is 4.79 Å². The lowest BCUT2D eigenvalue weighted by Gasteiger charge is -2.10. The minimum atomic E-state index is -0.0754. The molecular weight excluding hydrogens is 244 g/mol. The third-order valence-corrected chi connectivity index (χ3v) is 2.40. The van der Waals surface area contributed by atoms with Crippen LogP contribution in [0.3, 0.4) is 0 Å². The van der Waals surface area contributed by atoms with Gasteiger partial charge in [0.2, 0.25) is 0 Å². The zero-order chi connectivity index (χ0) is 14.1. The highest BCUT2D eigenvalue weighted by atomic mass is 16.5. The average Bonchev–Trinajstić information content (AvgIpc) is 2.39. The summed E-state index contributed by atoms with van der Waals surface area (Å²) in [6, 6.07) is 7.21. The van der Waals surface area contributed by atoms with Gasteiger partial charge in [-0.15, -0.1) is 0 Å². The van der Waals surface area contributed by atoms with Gasteiger partial charge in [-0.1, -0.05) is 12.1 Å². The van der Waals surface area contributed by atoms with Gasteiger partial charge in [-0.05, 0) is 32.9 Å². The van der Waals surface area contributed by atoms with Crippen LogP contribution >= 0.6 is 0 Å². The molecule has 106 valence electrons. The van der Waals surface area contributed by atoms with Gasteiger partial charge in [-0.2, -0.15) is 0 Å². The minimum absolute atomic E-state index is 0.0472. The summed E-state index contributed by atoms with van der Waals surface area (Å²) in [5.41, 5.74) is 0.564. The number of carbonyl (C=O) groups is 1. The van der Waals surface area contributed by atoms with Crippen molar-refractivity contribution < 1.29 is 19.0 Å². The van der Waals surface area contributed by atoms with E-state index in [4.69, 9.17) is 14.2 Å². The Balaban J connectivity index is 2.41. The number of carbonyl (C=O) groups excluding carboxylic acids is 1. The first-order valence-electron chi connectivity index (χ1n) is 6.59. The van der Waals surface area contributed by atoms with E-state index >= 15 is 0 Å². The molecule has 0 bridgehead atoms. The maximum absolute atomic E-state index is 12.0. The van der Waals surface area contributed by atoms with Crippen molar-refractivity contribution in [1.82, 2.24) is 0 Å². The van der Waals surface area contributed by atoms with Crippen molar-refractivity contribution in [1.29, 1.82) is 0 Å². The zero-order valence-electron chi connectivity index (χ0n) is 11.8. The fourth-order valence-corrected chi connectivity index (χ4v) is 1.56. The summed E-state index contributed by atoms with van der Waals surface area (Å²) < 4.78 is 16.0. The van der Waals surface area contributed by atoms with Gasteiger partial charge in [0, 0.05) is 0 Å². The molecule has 0 aliphatic carbocycles. The fourth-order valence-electron chi connectivity index (χ4n) is 1.56. The second kappa shape index (κ2) is 8.67. The quantitative estimate of drug-likeness (QED) is 0.509. The van der Waals surface area contributed by atoms with Crippen molar-refractivity contribution in [2.24, 2.45) is 0 Å². The predicted octanol–water partition coefficient (Wildman–Crippen LogP) is 2.71. The normalized spacial score (nSPS) is 10.7. The van der Waals surface area contributed by atoms with Crippen LogP contribution < -0.4 is 4.74 Å². The molecule has 1 rings (SSSR count). The molecule has 1 aromatic rings. The molecule has 0 aromatic heterocycles. The van der Waals surface area contributed by atoms with Crippen LogP contribution in [-0.2, 0) is 9.47 Å². The first-order valence-corrected chi connectivity index (χ1v) is 6.59. The molecule has 0 amide bonds. The smallest absolute Gasteiger partial charge is 0.192 e. The van der Waals surface area contributed by atoms with Crippen molar-refractivity contribution in [2.45, 2.75) is 26.9 Å². The van der Waals surface area contributed by atoms with Crippen LogP contribution in [-0.4, -0.2) is 38.3 Å². The Morgan fingerprint density at radius 1 is 1.21 bits per heavy atom. The third-order valence-electron chi connectivity index (χ3n) is 2.40. The van der Waals surface area contributed by atoms with Gasteiger partial charge in [0.25, 0.3) is 0 Å². The molecular formula is C15H22O4. The monoisotopic (exact) mass is 266 g/mol. The predicted molar refractivity (Wildman–Crippen MR) is 73.8 cm³/mol. The van der Waals surface area contributed by atoms with Crippen LogP contribution in [0.5, 0.6) is 5.75 Å². The maximum Gasteiger partial charge on any atom is 0.192 e. The Hall–Kier alpha value is -1.39. The summed E-state index contributed by atoms with van der Waals surface area (Å²) in [4.78, 5) is 12.0. The third kappa shape index (κ3) is 5.85. The van der Waals surface area contributed by atoms with Gasteiger partial charge < -0.3 is 14.2 Å². The van der Waals surface area contributed by atoms with E-state index in [0.717, 1.165) is 0 Å². The van der Waals surface area contributed by atoms with Crippen LogP contribution in [0.2, 0.25) is 0 Å². The molecule has 0 atom stereocenters. The summed E-state index contributed by atoms with van der Waals surface area (Å²) in [6.07, 6.45) is 0.179. The Kier molecular flexibility index (Phi) is 7.15. The molecule has 0 radical (unpaired) electrons. The number of hydrogen-bond acceptors (Lipinski definition) is 4. The zero-order valence-corrected chi connectivity index (χ0v) is 11.8. The molecule has 0 aliphatic rings. The summed E-state index contributed by atoms with van der Waals surface area (Å²) in [5.74, 6) is 0.533. The lowest BCUT2D eigenvalue weighted by atomic mass is 10.1. The van der Waals surface area contributed by atoms with Crippen LogP contribution in [0.15, 0.2) is 24.3 Å². The molecule has 0 saturated carbocycles. The number of para-hydroxylation sites is 1. The van der Waals surface area contributed by atoms with E-state index in [0.29, 0.717) is 31.1 Å². The van der Waals surface area contributed by atoms with E-state index in [2.05, 4.69) is 0 Å². The second-order valence-electron chi connectivity index (χ2n) is 4.32. The first kappa shape index (κ1) is 15.7. The Morgan fingerprint density at radius 3 is 2.63 bits per heavy atom. The van der Waals surface area contributed by atoms with Gasteiger partial charge >= 0.3 is 0 Å². The largest absolute Gasteiger partial charge is 0.493 e. The van der Waals surface area contributed by atoms with E-state index in [9.17, 15) is 4.79 Å². The lowest BCUT2D eigenvalue weighted by molar-refractivity contribution is 0.0207. The Bertz CT molecular complexity index is 387. The van der Waals surface area contributed by atoms with Crippen molar-refractivity contribution >= 4 is 5.78 Å². The number of benzene rings is 1. The van der Waals surface area contributed by atoms with Gasteiger partial charge in [0.1, 0.15) is 12.4 Å². The van der Waals surface area contributed by atoms with Gasteiger partial charge in [0.15, 0.2) is 5.78 Å². The minimum Gasteiger partial charge on any atom is -0.493 e. The first-order chi connectivity index (χ1) is 9.15. The summed E-state index contributed by atoms with van der Waals surface area (Å²) in [5, 5.41) is 0. The van der Waals surface area contributed by atoms with Crippen molar-refractivity contribution in [2.75, 3.05) is 26.4 Å². The van der Waals surface area contributed by atoms with Crippen LogP contribution in [0.25, 0.3) is 0 Å². The summed E-state index contributed by atoms with van der Waals surface area (Å²) in [6.45, 7) is 7.31. The molecule has 4 heteroatoms. The average molecular weight is 266 g/mol.